The Balaban J connectivity index is 1.82. The molecule has 4 rings (SSSR count). The molecule has 1 aromatic heterocycles. The monoisotopic (exact) mass is 303 g/mol. The fourth-order valence-electron chi connectivity index (χ4n) is 3.38. The molecule has 114 valence electrons. The molecule has 1 aliphatic rings. The van der Waals surface area contributed by atoms with E-state index in [1.807, 2.05) is 36.4 Å². The molecule has 3 aromatic rings. The van der Waals surface area contributed by atoms with E-state index in [-0.39, 0.29) is 6.04 Å². The highest BCUT2D eigenvalue weighted by molar-refractivity contribution is 5.86. The first-order valence-corrected chi connectivity index (χ1v) is 7.72. The van der Waals surface area contributed by atoms with Crippen LogP contribution in [0.1, 0.15) is 28.4 Å². The number of nitriles is 1. The van der Waals surface area contributed by atoms with Gasteiger partial charge in [-0.15, -0.1) is 0 Å². The summed E-state index contributed by atoms with van der Waals surface area (Å²) >= 11 is 0. The van der Waals surface area contributed by atoms with Gasteiger partial charge in [-0.3, -0.25) is 0 Å². The van der Waals surface area contributed by atoms with Crippen molar-refractivity contribution in [2.75, 3.05) is 13.7 Å². The molecule has 1 aliphatic heterocycles. The Morgan fingerprint density at radius 1 is 1.17 bits per heavy atom. The molecule has 2 heterocycles. The summed E-state index contributed by atoms with van der Waals surface area (Å²) < 4.78 is 5.33. The molecule has 4 heteroatoms. The van der Waals surface area contributed by atoms with Crippen molar-refractivity contribution >= 4 is 10.9 Å². The van der Waals surface area contributed by atoms with Gasteiger partial charge < -0.3 is 15.0 Å². The van der Waals surface area contributed by atoms with Crippen molar-refractivity contribution in [3.63, 3.8) is 0 Å². The van der Waals surface area contributed by atoms with Crippen molar-refractivity contribution in [1.29, 1.82) is 5.26 Å². The number of nitrogens with one attached hydrogen (secondary N) is 2. The van der Waals surface area contributed by atoms with Gasteiger partial charge in [-0.05, 0) is 41.8 Å². The topological polar surface area (TPSA) is 60.8 Å². The van der Waals surface area contributed by atoms with Crippen LogP contribution in [-0.4, -0.2) is 18.6 Å². The molecule has 23 heavy (non-hydrogen) atoms. The number of hydrogen-bond acceptors (Lipinski definition) is 3. The Kier molecular flexibility index (Phi) is 3.29. The van der Waals surface area contributed by atoms with Gasteiger partial charge in [-0.25, -0.2) is 0 Å². The Morgan fingerprint density at radius 3 is 2.74 bits per heavy atom. The maximum atomic E-state index is 8.96. The molecule has 0 fully saturated rings. The van der Waals surface area contributed by atoms with Crippen LogP contribution in [0.3, 0.4) is 0 Å². The number of aromatic nitrogens is 1. The summed E-state index contributed by atoms with van der Waals surface area (Å²) in [5, 5.41) is 13.8. The normalized spacial score (nSPS) is 16.8. The standard InChI is InChI=1S/C19H17N3O/c1-23-14-6-7-15-16-8-9-21-18(19(16)22-17(15)10-14)13-4-2-12(11-20)3-5-13/h2-7,10,18,21-22H,8-9H2,1H3/t18-/m1/s1. The van der Waals surface area contributed by atoms with Gasteiger partial charge in [-0.1, -0.05) is 12.1 Å². The molecule has 0 amide bonds. The fraction of sp³-hybridized carbons (Fsp3) is 0.211. The number of aromatic amines is 1. The summed E-state index contributed by atoms with van der Waals surface area (Å²) in [4.78, 5) is 3.56. The molecule has 0 saturated carbocycles. The summed E-state index contributed by atoms with van der Waals surface area (Å²) in [6.07, 6.45) is 1.01. The second kappa shape index (κ2) is 5.45. The molecule has 0 unspecified atom stereocenters. The predicted octanol–water partition coefficient (Wildman–Crippen LogP) is 3.28. The van der Waals surface area contributed by atoms with E-state index in [0.717, 1.165) is 24.2 Å². The van der Waals surface area contributed by atoms with Crippen LogP contribution in [0.4, 0.5) is 0 Å². The Hall–Kier alpha value is -2.77. The largest absolute Gasteiger partial charge is 0.497 e. The second-order valence-corrected chi connectivity index (χ2v) is 5.80. The zero-order valence-corrected chi connectivity index (χ0v) is 12.9. The van der Waals surface area contributed by atoms with Crippen molar-refractivity contribution in [1.82, 2.24) is 10.3 Å². The van der Waals surface area contributed by atoms with Crippen LogP contribution in [0.25, 0.3) is 10.9 Å². The van der Waals surface area contributed by atoms with E-state index in [1.54, 1.807) is 7.11 Å². The molecule has 0 aliphatic carbocycles. The van der Waals surface area contributed by atoms with Crippen molar-refractivity contribution in [3.8, 4) is 11.8 Å². The minimum atomic E-state index is 0.130. The molecular formula is C19H17N3O. The second-order valence-electron chi connectivity index (χ2n) is 5.80. The van der Waals surface area contributed by atoms with E-state index in [1.165, 1.54) is 22.2 Å². The van der Waals surface area contributed by atoms with Crippen molar-refractivity contribution in [2.45, 2.75) is 12.5 Å². The van der Waals surface area contributed by atoms with Crippen LogP contribution in [0.5, 0.6) is 5.75 Å². The zero-order valence-electron chi connectivity index (χ0n) is 12.9. The Morgan fingerprint density at radius 2 is 2.00 bits per heavy atom. The van der Waals surface area contributed by atoms with Crippen LogP contribution >= 0.6 is 0 Å². The first kappa shape index (κ1) is 13.9. The quantitative estimate of drug-likeness (QED) is 0.763. The minimum absolute atomic E-state index is 0.130. The maximum absolute atomic E-state index is 8.96. The van der Waals surface area contributed by atoms with Crippen LogP contribution in [0.2, 0.25) is 0 Å². The molecular weight excluding hydrogens is 286 g/mol. The number of hydrogen-bond donors (Lipinski definition) is 2. The third kappa shape index (κ3) is 2.26. The fourth-order valence-corrected chi connectivity index (χ4v) is 3.38. The number of nitrogens with zero attached hydrogens (tertiary/aromatic N) is 1. The lowest BCUT2D eigenvalue weighted by Gasteiger charge is -2.24. The molecule has 0 radical (unpaired) electrons. The molecule has 0 saturated heterocycles. The number of rotatable bonds is 2. The number of H-pyrrole nitrogens is 1. The molecule has 4 nitrogen and oxygen atoms in total. The molecule has 1 atom stereocenters. The smallest absolute Gasteiger partial charge is 0.120 e. The molecule has 0 spiro atoms. The van der Waals surface area contributed by atoms with Crippen molar-refractivity contribution < 1.29 is 4.74 Å². The van der Waals surface area contributed by atoms with E-state index in [2.05, 4.69) is 22.4 Å². The number of methoxy groups -OCH3 is 1. The summed E-state index contributed by atoms with van der Waals surface area (Å²) in [7, 11) is 1.69. The summed E-state index contributed by atoms with van der Waals surface area (Å²) in [6.45, 7) is 0.941. The van der Waals surface area contributed by atoms with Gasteiger partial charge in [0.2, 0.25) is 0 Å². The summed E-state index contributed by atoms with van der Waals surface area (Å²) in [6, 6.07) is 16.3. The van der Waals surface area contributed by atoms with Crippen molar-refractivity contribution in [3.05, 3.63) is 64.8 Å². The van der Waals surface area contributed by atoms with Crippen LogP contribution in [0, 0.1) is 11.3 Å². The highest BCUT2D eigenvalue weighted by Crippen LogP contribution is 2.34. The van der Waals surface area contributed by atoms with Gasteiger partial charge >= 0.3 is 0 Å². The predicted molar refractivity (Wildman–Crippen MR) is 89.6 cm³/mol. The third-order valence-electron chi connectivity index (χ3n) is 4.53. The van der Waals surface area contributed by atoms with E-state index < -0.39 is 0 Å². The summed E-state index contributed by atoms with van der Waals surface area (Å²) in [5.41, 5.74) is 5.55. The van der Waals surface area contributed by atoms with E-state index >= 15 is 0 Å². The van der Waals surface area contributed by atoms with Crippen molar-refractivity contribution in [2.24, 2.45) is 0 Å². The lowest BCUT2D eigenvalue weighted by atomic mass is 9.94. The maximum Gasteiger partial charge on any atom is 0.120 e. The average Bonchev–Trinajstić information content (AvgIpc) is 2.99. The average molecular weight is 303 g/mol. The highest BCUT2D eigenvalue weighted by atomic mass is 16.5. The van der Waals surface area contributed by atoms with E-state index in [9.17, 15) is 0 Å². The molecule has 2 N–H and O–H groups in total. The van der Waals surface area contributed by atoms with Gasteiger partial charge in [0.25, 0.3) is 0 Å². The lowest BCUT2D eigenvalue weighted by Crippen LogP contribution is -2.30. The zero-order chi connectivity index (χ0) is 15.8. The number of benzene rings is 2. The van der Waals surface area contributed by atoms with Gasteiger partial charge in [0.05, 0.1) is 24.8 Å². The number of fused-ring (bicyclic) bond motifs is 3. The third-order valence-corrected chi connectivity index (χ3v) is 4.53. The molecule has 2 aromatic carbocycles. The van der Waals surface area contributed by atoms with Gasteiger partial charge in [0, 0.05) is 29.2 Å². The SMILES string of the molecule is COc1ccc2c3c([nH]c2c1)[C@@H](c1ccc(C#N)cc1)NCC3. The first-order chi connectivity index (χ1) is 11.3. The van der Waals surface area contributed by atoms with Gasteiger partial charge in [0.1, 0.15) is 5.75 Å². The molecule has 0 bridgehead atoms. The minimum Gasteiger partial charge on any atom is -0.497 e. The van der Waals surface area contributed by atoms with Gasteiger partial charge in [0.15, 0.2) is 0 Å². The van der Waals surface area contributed by atoms with E-state index in [0.29, 0.717) is 5.56 Å². The van der Waals surface area contributed by atoms with Crippen LogP contribution in [-0.2, 0) is 6.42 Å². The Bertz CT molecular complexity index is 903. The lowest BCUT2D eigenvalue weighted by molar-refractivity contribution is 0.415. The van der Waals surface area contributed by atoms with Gasteiger partial charge in [-0.2, -0.15) is 5.26 Å². The highest BCUT2D eigenvalue weighted by Gasteiger charge is 2.25. The summed E-state index contributed by atoms with van der Waals surface area (Å²) in [5.74, 6) is 0.860. The van der Waals surface area contributed by atoms with Crippen LogP contribution in [0.15, 0.2) is 42.5 Å². The van der Waals surface area contributed by atoms with Crippen LogP contribution < -0.4 is 10.1 Å². The van der Waals surface area contributed by atoms with E-state index in [4.69, 9.17) is 10.00 Å². The first-order valence-electron chi connectivity index (χ1n) is 7.72. The number of ether oxygens (including phenoxy) is 1. The Labute approximate surface area is 134 Å².